The predicted molar refractivity (Wildman–Crippen MR) is 49.1 cm³/mol. The van der Waals surface area contributed by atoms with E-state index in [2.05, 4.69) is 4.74 Å². The topological polar surface area (TPSA) is 39.4 Å². The number of aryl methyl sites for hydroxylation is 1. The number of hydrogen-bond acceptors (Lipinski definition) is 3. The third-order valence-corrected chi connectivity index (χ3v) is 1.95. The van der Waals surface area contributed by atoms with Gasteiger partial charge >= 0.3 is 5.97 Å². The van der Waals surface area contributed by atoms with Crippen LogP contribution in [0.5, 0.6) is 0 Å². The summed E-state index contributed by atoms with van der Waals surface area (Å²) in [5.41, 5.74) is 0.435. The Balaban J connectivity index is 3.03. The summed E-state index contributed by atoms with van der Waals surface area (Å²) in [6, 6.07) is 1.61. The van der Waals surface area contributed by atoms with Crippen molar-refractivity contribution in [2.24, 2.45) is 0 Å². The van der Waals surface area contributed by atoms with Gasteiger partial charge in [-0.1, -0.05) is 0 Å². The number of alkyl halides is 1. The van der Waals surface area contributed by atoms with E-state index in [9.17, 15) is 4.79 Å². The number of rotatable bonds is 2. The molecule has 0 amide bonds. The van der Waals surface area contributed by atoms with Crippen molar-refractivity contribution in [2.75, 3.05) is 7.11 Å². The Bertz CT molecular complexity index is 315. The van der Waals surface area contributed by atoms with Gasteiger partial charge in [0.1, 0.15) is 17.1 Å². The first-order valence-electron chi connectivity index (χ1n) is 3.89. The second-order valence-corrected chi connectivity index (χ2v) is 3.38. The van der Waals surface area contributed by atoms with E-state index in [0.717, 1.165) is 0 Å². The number of hydrogen-bond donors (Lipinski definition) is 0. The molecule has 1 aromatic heterocycles. The van der Waals surface area contributed by atoms with E-state index < -0.39 is 5.97 Å². The van der Waals surface area contributed by atoms with Gasteiger partial charge in [-0.2, -0.15) is 0 Å². The van der Waals surface area contributed by atoms with Crippen molar-refractivity contribution in [1.82, 2.24) is 0 Å². The zero-order valence-electron chi connectivity index (χ0n) is 7.76. The highest BCUT2D eigenvalue weighted by Crippen LogP contribution is 2.25. The second kappa shape index (κ2) is 3.83. The Morgan fingerprint density at radius 1 is 1.69 bits per heavy atom. The third kappa shape index (κ3) is 2.04. The van der Waals surface area contributed by atoms with Crippen molar-refractivity contribution in [3.8, 4) is 0 Å². The van der Waals surface area contributed by atoms with Gasteiger partial charge in [0, 0.05) is 0 Å². The van der Waals surface area contributed by atoms with Crippen molar-refractivity contribution in [1.29, 1.82) is 0 Å². The number of halogens is 1. The Morgan fingerprint density at radius 2 is 2.31 bits per heavy atom. The van der Waals surface area contributed by atoms with E-state index in [1.807, 2.05) is 0 Å². The number of carbonyl (C=O) groups excluding carboxylic acids is 1. The molecule has 1 atom stereocenters. The van der Waals surface area contributed by atoms with Crippen LogP contribution in [0.15, 0.2) is 10.5 Å². The first kappa shape index (κ1) is 10.1. The van der Waals surface area contributed by atoms with Gasteiger partial charge in [-0.15, -0.1) is 11.6 Å². The van der Waals surface area contributed by atoms with Crippen molar-refractivity contribution >= 4 is 17.6 Å². The Morgan fingerprint density at radius 3 is 2.69 bits per heavy atom. The zero-order chi connectivity index (χ0) is 10.0. The van der Waals surface area contributed by atoms with Crippen LogP contribution in [0.4, 0.5) is 0 Å². The molecule has 1 heterocycles. The molecule has 0 saturated heterocycles. The van der Waals surface area contributed by atoms with Crippen LogP contribution in [0, 0.1) is 6.92 Å². The highest BCUT2D eigenvalue weighted by molar-refractivity contribution is 6.20. The van der Waals surface area contributed by atoms with E-state index in [-0.39, 0.29) is 5.38 Å². The summed E-state index contributed by atoms with van der Waals surface area (Å²) >= 11 is 5.79. The minimum Gasteiger partial charge on any atom is -0.465 e. The van der Waals surface area contributed by atoms with Crippen LogP contribution in [0.25, 0.3) is 0 Å². The first-order valence-corrected chi connectivity index (χ1v) is 4.32. The van der Waals surface area contributed by atoms with Crippen molar-refractivity contribution in [3.05, 3.63) is 23.2 Å². The molecule has 0 saturated carbocycles. The Kier molecular flexibility index (Phi) is 2.98. The maximum absolute atomic E-state index is 11.1. The Hall–Kier alpha value is -0.960. The van der Waals surface area contributed by atoms with E-state index in [1.54, 1.807) is 19.9 Å². The first-order chi connectivity index (χ1) is 6.06. The van der Waals surface area contributed by atoms with Gasteiger partial charge in [0.15, 0.2) is 0 Å². The predicted octanol–water partition coefficient (Wildman–Crippen LogP) is 2.67. The van der Waals surface area contributed by atoms with Gasteiger partial charge in [-0.25, -0.2) is 4.79 Å². The maximum atomic E-state index is 11.1. The molecule has 0 spiro atoms. The molecule has 0 radical (unpaired) electrons. The summed E-state index contributed by atoms with van der Waals surface area (Å²) in [4.78, 5) is 11.1. The monoisotopic (exact) mass is 202 g/mol. The van der Waals surface area contributed by atoms with Crippen molar-refractivity contribution in [3.63, 3.8) is 0 Å². The summed E-state index contributed by atoms with van der Waals surface area (Å²) in [5.74, 6) is 0.721. The maximum Gasteiger partial charge on any atom is 0.341 e. The molecule has 0 fully saturated rings. The quantitative estimate of drug-likeness (QED) is 0.547. The molecule has 1 aromatic rings. The summed E-state index contributed by atoms with van der Waals surface area (Å²) in [5, 5.41) is -0.239. The second-order valence-electron chi connectivity index (χ2n) is 2.73. The molecule has 0 bridgehead atoms. The molecule has 72 valence electrons. The lowest BCUT2D eigenvalue weighted by Gasteiger charge is -1.93. The number of methoxy groups -OCH3 is 1. The van der Waals surface area contributed by atoms with E-state index >= 15 is 0 Å². The molecule has 0 unspecified atom stereocenters. The minimum absolute atomic E-state index is 0.239. The number of ether oxygens (including phenoxy) is 1. The van der Waals surface area contributed by atoms with E-state index in [1.165, 1.54) is 7.11 Å². The van der Waals surface area contributed by atoms with Gasteiger partial charge < -0.3 is 9.15 Å². The lowest BCUT2D eigenvalue weighted by Crippen LogP contribution is -2.00. The van der Waals surface area contributed by atoms with E-state index in [4.69, 9.17) is 16.0 Å². The fourth-order valence-corrected chi connectivity index (χ4v) is 1.12. The molecule has 0 aliphatic carbocycles. The van der Waals surface area contributed by atoms with Crippen molar-refractivity contribution < 1.29 is 13.9 Å². The van der Waals surface area contributed by atoms with Gasteiger partial charge in [0.2, 0.25) is 0 Å². The van der Waals surface area contributed by atoms with Crippen LogP contribution in [0.1, 0.15) is 34.2 Å². The SMILES string of the molecule is COC(=O)c1cc([C@@H](C)Cl)oc1C. The van der Waals surface area contributed by atoms with Crippen LogP contribution >= 0.6 is 11.6 Å². The molecule has 0 aromatic carbocycles. The largest absolute Gasteiger partial charge is 0.465 e. The molecule has 0 N–H and O–H groups in total. The molecule has 4 heteroatoms. The average molecular weight is 203 g/mol. The summed E-state index contributed by atoms with van der Waals surface area (Å²) < 4.78 is 9.83. The minimum atomic E-state index is -0.398. The van der Waals surface area contributed by atoms with Gasteiger partial charge in [0.05, 0.1) is 12.5 Å². The van der Waals surface area contributed by atoms with Crippen LogP contribution in [0.2, 0.25) is 0 Å². The van der Waals surface area contributed by atoms with Crippen LogP contribution in [0.3, 0.4) is 0 Å². The summed E-state index contributed by atoms with van der Waals surface area (Å²) in [7, 11) is 1.33. The van der Waals surface area contributed by atoms with Gasteiger partial charge in [-0.3, -0.25) is 0 Å². The Labute approximate surface area is 81.6 Å². The van der Waals surface area contributed by atoms with Crippen LogP contribution in [-0.4, -0.2) is 13.1 Å². The fraction of sp³-hybridized carbons (Fsp3) is 0.444. The molecule has 13 heavy (non-hydrogen) atoms. The van der Waals surface area contributed by atoms with Gasteiger partial charge in [-0.05, 0) is 19.9 Å². The normalized spacial score (nSPS) is 12.6. The number of furan rings is 1. The number of carbonyl (C=O) groups is 1. The van der Waals surface area contributed by atoms with E-state index in [0.29, 0.717) is 17.1 Å². The molecular weight excluding hydrogens is 192 g/mol. The fourth-order valence-electron chi connectivity index (χ4n) is 1.01. The lowest BCUT2D eigenvalue weighted by atomic mass is 10.2. The summed E-state index contributed by atoms with van der Waals surface area (Å²) in [6.45, 7) is 3.48. The molecule has 0 aliphatic heterocycles. The molecule has 3 nitrogen and oxygen atoms in total. The molecular formula is C9H11ClO3. The zero-order valence-corrected chi connectivity index (χ0v) is 8.51. The molecule has 1 rings (SSSR count). The highest BCUT2D eigenvalue weighted by Gasteiger charge is 2.17. The van der Waals surface area contributed by atoms with Crippen molar-refractivity contribution in [2.45, 2.75) is 19.2 Å². The smallest absolute Gasteiger partial charge is 0.341 e. The van der Waals surface area contributed by atoms with Gasteiger partial charge in [0.25, 0.3) is 0 Å². The number of esters is 1. The van der Waals surface area contributed by atoms with Crippen LogP contribution < -0.4 is 0 Å². The average Bonchev–Trinajstić information content (AvgIpc) is 2.46. The lowest BCUT2D eigenvalue weighted by molar-refractivity contribution is 0.0599. The standard InChI is InChI=1S/C9H11ClO3/c1-5(10)8-4-7(6(2)13-8)9(11)12-3/h4-5H,1-3H3/t5-/m1/s1. The summed E-state index contributed by atoms with van der Waals surface area (Å²) in [6.07, 6.45) is 0. The highest BCUT2D eigenvalue weighted by atomic mass is 35.5. The van der Waals surface area contributed by atoms with Crippen LogP contribution in [-0.2, 0) is 4.74 Å². The molecule has 0 aliphatic rings. The third-order valence-electron chi connectivity index (χ3n) is 1.73.